The predicted octanol–water partition coefficient (Wildman–Crippen LogP) is 6.87. The van der Waals surface area contributed by atoms with Crippen LogP contribution in [0.2, 0.25) is 0 Å². The minimum atomic E-state index is -0.0638. The van der Waals surface area contributed by atoms with Gasteiger partial charge >= 0.3 is 0 Å². The number of hydrogen-bond donors (Lipinski definition) is 0. The van der Waals surface area contributed by atoms with Crippen LogP contribution in [0.25, 0.3) is 5.57 Å². The number of allylic oxidation sites excluding steroid dienone is 1. The molecule has 1 amide bonds. The average molecular weight is 575 g/mol. The number of rotatable bonds is 10. The van der Waals surface area contributed by atoms with Gasteiger partial charge in [-0.1, -0.05) is 85.4 Å². The van der Waals surface area contributed by atoms with E-state index in [2.05, 4.69) is 29.7 Å². The number of fused-ring (bicyclic) bond motifs is 1. The van der Waals surface area contributed by atoms with Crippen LogP contribution >= 0.6 is 0 Å². The zero-order valence-corrected chi connectivity index (χ0v) is 24.8. The summed E-state index contributed by atoms with van der Waals surface area (Å²) in [5, 5.41) is 0. The van der Waals surface area contributed by atoms with Crippen molar-refractivity contribution in [2.45, 2.75) is 39.8 Å². The van der Waals surface area contributed by atoms with Crippen LogP contribution in [0.1, 0.15) is 50.7 Å². The lowest BCUT2D eigenvalue weighted by molar-refractivity contribution is 0.0342. The molecule has 220 valence electrons. The van der Waals surface area contributed by atoms with Gasteiger partial charge in [-0.25, -0.2) is 0 Å². The summed E-state index contributed by atoms with van der Waals surface area (Å²) in [7, 11) is 0. The molecule has 2 heterocycles. The maximum absolute atomic E-state index is 14.2. The number of nitrogens with zero attached hydrogens (tertiary/aromatic N) is 2. The third kappa shape index (κ3) is 6.99. The van der Waals surface area contributed by atoms with E-state index in [1.807, 2.05) is 84.6 Å². The van der Waals surface area contributed by atoms with Crippen molar-refractivity contribution in [3.05, 3.63) is 137 Å². The van der Waals surface area contributed by atoms with E-state index < -0.39 is 0 Å². The van der Waals surface area contributed by atoms with Crippen LogP contribution in [0.5, 0.6) is 11.5 Å². The molecule has 2 aliphatic heterocycles. The molecule has 0 atom stereocenters. The van der Waals surface area contributed by atoms with E-state index in [-0.39, 0.29) is 5.91 Å². The summed E-state index contributed by atoms with van der Waals surface area (Å²) >= 11 is 0. The van der Waals surface area contributed by atoms with Gasteiger partial charge < -0.3 is 19.1 Å². The number of benzene rings is 4. The Balaban J connectivity index is 1.26. The van der Waals surface area contributed by atoms with Crippen molar-refractivity contribution < 1.29 is 19.0 Å². The van der Waals surface area contributed by atoms with Gasteiger partial charge in [0.2, 0.25) is 0 Å². The van der Waals surface area contributed by atoms with Gasteiger partial charge in [-0.3, -0.25) is 9.69 Å². The number of carbonyl (C=O) groups excluding carboxylic acids is 1. The molecule has 6 rings (SSSR count). The van der Waals surface area contributed by atoms with Gasteiger partial charge in [0, 0.05) is 44.4 Å². The molecule has 6 heteroatoms. The maximum atomic E-state index is 14.2. The van der Waals surface area contributed by atoms with Crippen molar-refractivity contribution >= 4 is 11.5 Å². The first-order valence-electron chi connectivity index (χ1n) is 14.9. The second-order valence-electron chi connectivity index (χ2n) is 11.3. The topological polar surface area (TPSA) is 51.2 Å². The van der Waals surface area contributed by atoms with Gasteiger partial charge in [-0.05, 0) is 46.4 Å². The maximum Gasteiger partial charge on any atom is 0.258 e. The fraction of sp³-hybridized carbons (Fsp3) is 0.270. The van der Waals surface area contributed by atoms with Crippen LogP contribution in [0.3, 0.4) is 0 Å². The lowest BCUT2D eigenvalue weighted by atomic mass is 10.0. The third-order valence-electron chi connectivity index (χ3n) is 8.04. The quantitative estimate of drug-likeness (QED) is 0.207. The van der Waals surface area contributed by atoms with E-state index in [9.17, 15) is 4.79 Å². The first kappa shape index (κ1) is 28.7. The minimum Gasteiger partial charge on any atom is -0.488 e. The summed E-state index contributed by atoms with van der Waals surface area (Å²) in [6.07, 6.45) is 0. The lowest BCUT2D eigenvalue weighted by Gasteiger charge is -2.26. The predicted molar refractivity (Wildman–Crippen MR) is 169 cm³/mol. The fourth-order valence-corrected chi connectivity index (χ4v) is 5.65. The highest BCUT2D eigenvalue weighted by molar-refractivity contribution is 5.98. The van der Waals surface area contributed by atoms with E-state index in [1.165, 1.54) is 16.7 Å². The van der Waals surface area contributed by atoms with Crippen LogP contribution in [0.15, 0.2) is 97.6 Å². The van der Waals surface area contributed by atoms with Gasteiger partial charge in [0.25, 0.3) is 5.91 Å². The van der Waals surface area contributed by atoms with E-state index in [1.54, 1.807) is 0 Å². The largest absolute Gasteiger partial charge is 0.488 e. The zero-order chi connectivity index (χ0) is 29.6. The number of carbonyl (C=O) groups is 1. The molecular weight excluding hydrogens is 536 g/mol. The standard InChI is InChI=1S/C37H38N2O4/c1-27(2)33-20-34(37(40)39-23-31-14-13-30(19-32(31)24-39)22-38-15-17-41-18-16-38)36(43-26-29-11-7-4-8-12-29)21-35(33)42-25-28-9-5-3-6-10-28/h3-14,19-21H,1,15-18,22-26H2,2H3. The second kappa shape index (κ2) is 13.3. The summed E-state index contributed by atoms with van der Waals surface area (Å²) in [6, 6.07) is 30.4. The molecule has 0 bridgehead atoms. The molecule has 0 N–H and O–H groups in total. The van der Waals surface area contributed by atoms with Gasteiger partial charge in [0.05, 0.1) is 18.8 Å². The Bertz CT molecular complexity index is 1580. The molecule has 2 aliphatic rings. The summed E-state index contributed by atoms with van der Waals surface area (Å²) in [5.41, 5.74) is 7.89. The van der Waals surface area contributed by atoms with E-state index in [0.29, 0.717) is 43.4 Å². The van der Waals surface area contributed by atoms with E-state index in [0.717, 1.165) is 55.1 Å². The fourth-order valence-electron chi connectivity index (χ4n) is 5.65. The molecule has 0 aliphatic carbocycles. The van der Waals surface area contributed by atoms with Gasteiger partial charge in [0.1, 0.15) is 24.7 Å². The van der Waals surface area contributed by atoms with Gasteiger partial charge in [-0.2, -0.15) is 0 Å². The van der Waals surface area contributed by atoms with Gasteiger partial charge in [0.15, 0.2) is 0 Å². The third-order valence-corrected chi connectivity index (χ3v) is 8.04. The van der Waals surface area contributed by atoms with E-state index >= 15 is 0 Å². The molecule has 0 saturated carbocycles. The molecule has 0 radical (unpaired) electrons. The number of morpholine rings is 1. The summed E-state index contributed by atoms with van der Waals surface area (Å²) < 4.78 is 18.1. The first-order valence-corrected chi connectivity index (χ1v) is 14.9. The highest BCUT2D eigenvalue weighted by Crippen LogP contribution is 2.36. The molecule has 6 nitrogen and oxygen atoms in total. The number of amides is 1. The van der Waals surface area contributed by atoms with Crippen molar-refractivity contribution in [1.29, 1.82) is 0 Å². The van der Waals surface area contributed by atoms with Crippen LogP contribution in [0.4, 0.5) is 0 Å². The molecule has 1 saturated heterocycles. The summed E-state index contributed by atoms with van der Waals surface area (Å²) in [4.78, 5) is 18.5. The molecular formula is C37H38N2O4. The smallest absolute Gasteiger partial charge is 0.258 e. The molecule has 43 heavy (non-hydrogen) atoms. The number of ether oxygens (including phenoxy) is 3. The highest BCUT2D eigenvalue weighted by atomic mass is 16.5. The Labute approximate surface area is 254 Å². The van der Waals surface area contributed by atoms with Crippen LogP contribution in [0, 0.1) is 0 Å². The van der Waals surface area contributed by atoms with Crippen molar-refractivity contribution in [3.63, 3.8) is 0 Å². The molecule has 1 fully saturated rings. The van der Waals surface area contributed by atoms with Crippen LogP contribution in [-0.2, 0) is 37.6 Å². The van der Waals surface area contributed by atoms with Crippen LogP contribution in [-0.4, -0.2) is 42.0 Å². The molecule has 4 aromatic rings. The molecule has 0 aromatic heterocycles. The lowest BCUT2D eigenvalue weighted by Crippen LogP contribution is -2.35. The first-order chi connectivity index (χ1) is 21.0. The number of hydrogen-bond acceptors (Lipinski definition) is 5. The zero-order valence-electron chi connectivity index (χ0n) is 24.8. The van der Waals surface area contributed by atoms with E-state index in [4.69, 9.17) is 14.2 Å². The average Bonchev–Trinajstić information content (AvgIpc) is 3.47. The Hall–Kier alpha value is -4.39. The van der Waals surface area contributed by atoms with Gasteiger partial charge in [-0.15, -0.1) is 0 Å². The summed E-state index contributed by atoms with van der Waals surface area (Å²) in [6.45, 7) is 12.4. The molecule has 4 aromatic carbocycles. The second-order valence-corrected chi connectivity index (χ2v) is 11.3. The Morgan fingerprint density at radius 3 is 1.98 bits per heavy atom. The minimum absolute atomic E-state index is 0.0638. The van der Waals surface area contributed by atoms with Crippen molar-refractivity contribution in [2.24, 2.45) is 0 Å². The Morgan fingerprint density at radius 1 is 0.744 bits per heavy atom. The monoisotopic (exact) mass is 574 g/mol. The normalized spacial score (nSPS) is 14.8. The Morgan fingerprint density at radius 2 is 1.35 bits per heavy atom. The molecule has 0 spiro atoms. The highest BCUT2D eigenvalue weighted by Gasteiger charge is 2.28. The van der Waals surface area contributed by atoms with Crippen molar-refractivity contribution in [2.75, 3.05) is 26.3 Å². The summed E-state index contributed by atoms with van der Waals surface area (Å²) in [5.74, 6) is 1.09. The molecule has 0 unspecified atom stereocenters. The van der Waals surface area contributed by atoms with Crippen molar-refractivity contribution in [3.8, 4) is 11.5 Å². The Kier molecular flexibility index (Phi) is 8.87. The van der Waals surface area contributed by atoms with Crippen LogP contribution < -0.4 is 9.47 Å². The SMILES string of the molecule is C=C(C)c1cc(C(=O)N2Cc3ccc(CN4CCOCC4)cc3C2)c(OCc2ccccc2)cc1OCc1ccccc1. The van der Waals surface area contributed by atoms with Crippen molar-refractivity contribution in [1.82, 2.24) is 9.80 Å².